The summed E-state index contributed by atoms with van der Waals surface area (Å²) >= 11 is 7.73. The SMILES string of the molecule is COc1ccc2ncc(Cl)c([C@@H](N)CC[C@H]3CCN(CCSc4cc(F)ccc4F)C[C@H]3C(=O)O)c2c1. The minimum Gasteiger partial charge on any atom is -0.497 e. The number of benzene rings is 2. The highest BCUT2D eigenvalue weighted by Crippen LogP contribution is 2.36. The van der Waals surface area contributed by atoms with Crippen molar-refractivity contribution in [2.45, 2.75) is 30.2 Å². The number of nitrogens with two attached hydrogens (primary N) is 1. The first-order valence-corrected chi connectivity index (χ1v) is 13.5. The van der Waals surface area contributed by atoms with Crippen LogP contribution in [0.3, 0.4) is 0 Å². The van der Waals surface area contributed by atoms with E-state index in [0.29, 0.717) is 42.5 Å². The highest BCUT2D eigenvalue weighted by Gasteiger charge is 2.34. The predicted molar refractivity (Wildman–Crippen MR) is 142 cm³/mol. The van der Waals surface area contributed by atoms with Gasteiger partial charge >= 0.3 is 5.97 Å². The second kappa shape index (κ2) is 12.4. The van der Waals surface area contributed by atoms with Crippen molar-refractivity contribution in [1.82, 2.24) is 9.88 Å². The van der Waals surface area contributed by atoms with Crippen LogP contribution in [0.4, 0.5) is 8.78 Å². The molecule has 3 aromatic rings. The molecule has 1 aliphatic rings. The van der Waals surface area contributed by atoms with Crippen LogP contribution in [0.25, 0.3) is 10.9 Å². The van der Waals surface area contributed by atoms with E-state index in [1.54, 1.807) is 13.3 Å². The van der Waals surface area contributed by atoms with Gasteiger partial charge in [-0.25, -0.2) is 8.78 Å². The largest absolute Gasteiger partial charge is 0.497 e. The van der Waals surface area contributed by atoms with E-state index in [2.05, 4.69) is 9.88 Å². The summed E-state index contributed by atoms with van der Waals surface area (Å²) in [6.07, 6.45) is 3.55. The predicted octanol–water partition coefficient (Wildman–Crippen LogP) is 5.77. The summed E-state index contributed by atoms with van der Waals surface area (Å²) in [5.41, 5.74) is 8.15. The molecular formula is C27H30ClF2N3O3S. The van der Waals surface area contributed by atoms with Crippen molar-refractivity contribution in [1.29, 1.82) is 0 Å². The van der Waals surface area contributed by atoms with Crippen LogP contribution in [0.2, 0.25) is 5.02 Å². The maximum absolute atomic E-state index is 13.9. The van der Waals surface area contributed by atoms with Crippen molar-refractivity contribution >= 4 is 40.2 Å². The number of fused-ring (bicyclic) bond motifs is 1. The summed E-state index contributed by atoms with van der Waals surface area (Å²) in [6.45, 7) is 1.75. The van der Waals surface area contributed by atoms with Crippen LogP contribution < -0.4 is 10.5 Å². The fourth-order valence-electron chi connectivity index (χ4n) is 4.98. The normalized spacial score (nSPS) is 19.2. The van der Waals surface area contributed by atoms with Crippen molar-refractivity contribution in [3.05, 3.63) is 64.8 Å². The van der Waals surface area contributed by atoms with E-state index in [4.69, 9.17) is 22.1 Å². The van der Waals surface area contributed by atoms with Crippen LogP contribution in [0.5, 0.6) is 5.75 Å². The van der Waals surface area contributed by atoms with Gasteiger partial charge < -0.3 is 20.5 Å². The number of aromatic nitrogens is 1. The van der Waals surface area contributed by atoms with E-state index in [1.165, 1.54) is 17.8 Å². The maximum Gasteiger partial charge on any atom is 0.308 e. The summed E-state index contributed by atoms with van der Waals surface area (Å²) in [7, 11) is 1.59. The monoisotopic (exact) mass is 549 g/mol. The number of aliphatic carboxylic acids is 1. The number of methoxy groups -OCH3 is 1. The zero-order valence-electron chi connectivity index (χ0n) is 20.5. The van der Waals surface area contributed by atoms with Crippen molar-refractivity contribution < 1.29 is 23.4 Å². The van der Waals surface area contributed by atoms with E-state index in [0.717, 1.165) is 41.6 Å². The smallest absolute Gasteiger partial charge is 0.308 e. The number of hydrogen-bond donors (Lipinski definition) is 2. The molecule has 0 bridgehead atoms. The molecule has 0 spiro atoms. The van der Waals surface area contributed by atoms with E-state index < -0.39 is 23.5 Å². The quantitative estimate of drug-likeness (QED) is 0.310. The number of halogens is 3. The average Bonchev–Trinajstić information content (AvgIpc) is 2.89. The number of carboxylic acids is 1. The average molecular weight is 550 g/mol. The van der Waals surface area contributed by atoms with Gasteiger partial charge in [-0.1, -0.05) is 11.6 Å². The number of rotatable bonds is 10. The lowest BCUT2D eigenvalue weighted by atomic mass is 9.81. The molecular weight excluding hydrogens is 520 g/mol. The molecule has 3 N–H and O–H groups in total. The standard InChI is InChI=1S/C27H30ClF2N3O3S/c1-36-18-4-7-24-19(13-18)26(21(28)14-32-24)23(31)6-2-16-8-9-33(15-20(16)27(34)35)10-11-37-25-12-17(29)3-5-22(25)30/h3-5,7,12-14,16,20,23H,2,6,8-11,15,31H2,1H3,(H,34,35)/t16-,20+,23-/m0/s1. The molecule has 0 radical (unpaired) electrons. The Morgan fingerprint density at radius 2 is 2.14 bits per heavy atom. The highest BCUT2D eigenvalue weighted by atomic mass is 35.5. The Hall–Kier alpha value is -2.46. The summed E-state index contributed by atoms with van der Waals surface area (Å²) in [5, 5.41) is 11.2. The molecule has 1 aliphatic heterocycles. The molecule has 1 aromatic heterocycles. The minimum atomic E-state index is -0.829. The maximum atomic E-state index is 13.9. The molecule has 2 aromatic carbocycles. The molecule has 37 heavy (non-hydrogen) atoms. The van der Waals surface area contributed by atoms with E-state index in [-0.39, 0.29) is 16.9 Å². The molecule has 0 aliphatic carbocycles. The molecule has 0 amide bonds. The van der Waals surface area contributed by atoms with Gasteiger partial charge in [0.1, 0.15) is 17.4 Å². The lowest BCUT2D eigenvalue weighted by molar-refractivity contribution is -0.146. The fourth-order valence-corrected chi connectivity index (χ4v) is 6.24. The Kier molecular flexibility index (Phi) is 9.23. The van der Waals surface area contributed by atoms with Gasteiger partial charge in [-0.05, 0) is 73.7 Å². The van der Waals surface area contributed by atoms with Gasteiger partial charge in [0.15, 0.2) is 0 Å². The number of carbonyl (C=O) groups is 1. The van der Waals surface area contributed by atoms with Crippen molar-refractivity contribution in [3.8, 4) is 5.75 Å². The number of carboxylic acid groups (broad SMARTS) is 1. The number of pyridine rings is 1. The molecule has 2 heterocycles. The van der Waals surface area contributed by atoms with Crippen molar-refractivity contribution in [3.63, 3.8) is 0 Å². The molecule has 10 heteroatoms. The van der Waals surface area contributed by atoms with Gasteiger partial charge in [0.25, 0.3) is 0 Å². The molecule has 1 fully saturated rings. The topological polar surface area (TPSA) is 88.7 Å². The number of ether oxygens (including phenoxy) is 1. The van der Waals surface area contributed by atoms with Crippen LogP contribution in [-0.2, 0) is 4.79 Å². The van der Waals surface area contributed by atoms with Crippen LogP contribution >= 0.6 is 23.4 Å². The number of likely N-dealkylation sites (tertiary alicyclic amines) is 1. The van der Waals surface area contributed by atoms with Gasteiger partial charge in [-0.3, -0.25) is 9.78 Å². The third kappa shape index (κ3) is 6.71. The Balaban J connectivity index is 1.36. The lowest BCUT2D eigenvalue weighted by Gasteiger charge is -2.37. The van der Waals surface area contributed by atoms with E-state index >= 15 is 0 Å². The first-order valence-electron chi connectivity index (χ1n) is 12.2. The van der Waals surface area contributed by atoms with Gasteiger partial charge in [-0.2, -0.15) is 0 Å². The number of piperidine rings is 1. The second-order valence-electron chi connectivity index (χ2n) is 9.30. The zero-order valence-corrected chi connectivity index (χ0v) is 22.1. The van der Waals surface area contributed by atoms with Crippen LogP contribution in [0.1, 0.15) is 30.9 Å². The van der Waals surface area contributed by atoms with Gasteiger partial charge in [0.05, 0.1) is 23.6 Å². The van der Waals surface area contributed by atoms with Crippen LogP contribution in [-0.4, -0.2) is 53.5 Å². The Morgan fingerprint density at radius 3 is 2.89 bits per heavy atom. The molecule has 1 saturated heterocycles. The van der Waals surface area contributed by atoms with Gasteiger partial charge in [0, 0.05) is 41.4 Å². The van der Waals surface area contributed by atoms with E-state index in [9.17, 15) is 18.7 Å². The highest BCUT2D eigenvalue weighted by molar-refractivity contribution is 7.99. The van der Waals surface area contributed by atoms with Crippen LogP contribution in [0, 0.1) is 23.5 Å². The van der Waals surface area contributed by atoms with Crippen molar-refractivity contribution in [2.24, 2.45) is 17.6 Å². The third-order valence-corrected chi connectivity index (χ3v) is 8.31. The molecule has 0 saturated carbocycles. The Bertz CT molecular complexity index is 1270. The zero-order chi connectivity index (χ0) is 26.5. The summed E-state index contributed by atoms with van der Waals surface area (Å²) < 4.78 is 32.6. The molecule has 3 atom stereocenters. The summed E-state index contributed by atoms with van der Waals surface area (Å²) in [5.74, 6) is -1.08. The first kappa shape index (κ1) is 27.6. The minimum absolute atomic E-state index is 0.0190. The molecule has 6 nitrogen and oxygen atoms in total. The van der Waals surface area contributed by atoms with Gasteiger partial charge in [0.2, 0.25) is 0 Å². The van der Waals surface area contributed by atoms with E-state index in [1.807, 2.05) is 18.2 Å². The molecule has 0 unspecified atom stereocenters. The fraction of sp³-hybridized carbons (Fsp3) is 0.407. The van der Waals surface area contributed by atoms with Gasteiger partial charge in [-0.15, -0.1) is 11.8 Å². The summed E-state index contributed by atoms with van der Waals surface area (Å²) in [6, 6.07) is 8.58. The molecule has 198 valence electrons. The number of thioether (sulfide) groups is 1. The number of hydrogen-bond acceptors (Lipinski definition) is 6. The first-order chi connectivity index (χ1) is 17.8. The lowest BCUT2D eigenvalue weighted by Crippen LogP contribution is -2.44. The summed E-state index contributed by atoms with van der Waals surface area (Å²) in [4.78, 5) is 18.8. The Morgan fingerprint density at radius 1 is 1.32 bits per heavy atom. The molecule has 4 rings (SSSR count). The second-order valence-corrected chi connectivity index (χ2v) is 10.8. The number of nitrogens with zero attached hydrogens (tertiary/aromatic N) is 2. The van der Waals surface area contributed by atoms with Crippen molar-refractivity contribution in [2.75, 3.05) is 32.5 Å². The third-order valence-electron chi connectivity index (χ3n) is 7.00. The Labute approximate surface area is 224 Å². The van der Waals surface area contributed by atoms with Crippen LogP contribution in [0.15, 0.2) is 47.5 Å².